The summed E-state index contributed by atoms with van der Waals surface area (Å²) in [6, 6.07) is 20.9. The molecule has 178 valence electrons. The van der Waals surface area contributed by atoms with E-state index in [0.29, 0.717) is 30.4 Å². The Morgan fingerprint density at radius 3 is 2.18 bits per heavy atom. The van der Waals surface area contributed by atoms with Crippen LogP contribution in [0.1, 0.15) is 29.7 Å². The summed E-state index contributed by atoms with van der Waals surface area (Å²) in [5.74, 6) is 0.575. The highest BCUT2D eigenvalue weighted by Gasteiger charge is 2.32. The number of hydrogen-bond donors (Lipinski definition) is 1. The van der Waals surface area contributed by atoms with Crippen molar-refractivity contribution in [2.75, 3.05) is 23.8 Å². The van der Waals surface area contributed by atoms with Crippen LogP contribution in [0.4, 0.5) is 5.69 Å². The summed E-state index contributed by atoms with van der Waals surface area (Å²) in [7, 11) is -3.78. The maximum Gasteiger partial charge on any atom is 0.244 e. The lowest BCUT2D eigenvalue weighted by molar-refractivity contribution is -0.122. The zero-order chi connectivity index (χ0) is 24.3. The molecule has 0 saturated carbocycles. The van der Waals surface area contributed by atoms with Crippen LogP contribution in [-0.2, 0) is 14.8 Å². The standard InChI is InChI=1S/C26H28N2O5S/c1-18-9-11-21(12-10-18)25(20-7-5-4-6-8-20)27-26(29)19(2)28(34(3,30)31)22-13-14-23-24(17-22)33-16-15-32-23/h4-14,17,19,25H,15-16H2,1-3H3,(H,27,29)/t19-,25+/m1/s1. The van der Waals surface area contributed by atoms with E-state index >= 15 is 0 Å². The van der Waals surface area contributed by atoms with Crippen LogP contribution < -0.4 is 19.1 Å². The smallest absolute Gasteiger partial charge is 0.244 e. The molecule has 3 aromatic rings. The van der Waals surface area contributed by atoms with Crippen molar-refractivity contribution in [2.45, 2.75) is 25.9 Å². The molecule has 0 spiro atoms. The van der Waals surface area contributed by atoms with Gasteiger partial charge >= 0.3 is 0 Å². The Labute approximate surface area is 200 Å². The number of amides is 1. The molecule has 34 heavy (non-hydrogen) atoms. The molecular weight excluding hydrogens is 452 g/mol. The van der Waals surface area contributed by atoms with Crippen molar-refractivity contribution < 1.29 is 22.7 Å². The normalized spacial score (nSPS) is 14.7. The first kappa shape index (κ1) is 23.6. The maximum atomic E-state index is 13.4. The number of aryl methyl sites for hydroxylation is 1. The van der Waals surface area contributed by atoms with E-state index < -0.39 is 28.0 Å². The molecule has 0 aromatic heterocycles. The first-order chi connectivity index (χ1) is 16.2. The first-order valence-electron chi connectivity index (χ1n) is 11.0. The molecule has 2 atom stereocenters. The van der Waals surface area contributed by atoms with Crippen LogP contribution in [0.2, 0.25) is 0 Å². The minimum absolute atomic E-state index is 0.334. The van der Waals surface area contributed by atoms with Crippen molar-refractivity contribution in [1.29, 1.82) is 0 Å². The van der Waals surface area contributed by atoms with Crippen molar-refractivity contribution in [2.24, 2.45) is 0 Å². The third kappa shape index (κ3) is 5.17. The van der Waals surface area contributed by atoms with Crippen LogP contribution in [0.15, 0.2) is 72.8 Å². The van der Waals surface area contributed by atoms with Gasteiger partial charge in [-0.05, 0) is 37.1 Å². The summed E-state index contributed by atoms with van der Waals surface area (Å²) < 4.78 is 37.8. The van der Waals surface area contributed by atoms with E-state index in [1.807, 2.05) is 61.5 Å². The molecule has 0 bridgehead atoms. The van der Waals surface area contributed by atoms with E-state index in [0.717, 1.165) is 27.3 Å². The number of nitrogens with zero attached hydrogens (tertiary/aromatic N) is 1. The monoisotopic (exact) mass is 480 g/mol. The van der Waals surface area contributed by atoms with Crippen LogP contribution in [0, 0.1) is 6.92 Å². The van der Waals surface area contributed by atoms with Crippen molar-refractivity contribution >= 4 is 21.6 Å². The van der Waals surface area contributed by atoms with Gasteiger partial charge in [-0.25, -0.2) is 8.42 Å². The minimum Gasteiger partial charge on any atom is -0.486 e. The Bertz CT molecular complexity index is 1260. The highest BCUT2D eigenvalue weighted by atomic mass is 32.2. The average molecular weight is 481 g/mol. The summed E-state index contributed by atoms with van der Waals surface area (Å²) in [6.45, 7) is 4.38. The molecule has 0 fully saturated rings. The highest BCUT2D eigenvalue weighted by molar-refractivity contribution is 7.92. The SMILES string of the molecule is Cc1ccc([C@@H](NC(=O)[C@@H](C)N(c2ccc3c(c2)OCCO3)S(C)(=O)=O)c2ccccc2)cc1. The second kappa shape index (κ2) is 9.77. The molecule has 0 aliphatic carbocycles. The zero-order valence-electron chi connectivity index (χ0n) is 19.4. The lowest BCUT2D eigenvalue weighted by Gasteiger charge is -2.31. The fourth-order valence-electron chi connectivity index (χ4n) is 4.00. The molecule has 8 heteroatoms. The van der Waals surface area contributed by atoms with E-state index in [4.69, 9.17) is 9.47 Å². The van der Waals surface area contributed by atoms with Crippen molar-refractivity contribution in [3.05, 3.63) is 89.5 Å². The second-order valence-corrected chi connectivity index (χ2v) is 10.2. The van der Waals surface area contributed by atoms with E-state index in [9.17, 15) is 13.2 Å². The van der Waals surface area contributed by atoms with Gasteiger partial charge in [-0.15, -0.1) is 0 Å². The van der Waals surface area contributed by atoms with Crippen LogP contribution in [0.5, 0.6) is 11.5 Å². The van der Waals surface area contributed by atoms with E-state index in [1.165, 1.54) is 0 Å². The molecule has 1 heterocycles. The van der Waals surface area contributed by atoms with Crippen LogP contribution in [0.25, 0.3) is 0 Å². The number of ether oxygens (including phenoxy) is 2. The third-order valence-corrected chi connectivity index (χ3v) is 6.94. The van der Waals surface area contributed by atoms with E-state index in [1.54, 1.807) is 25.1 Å². The Morgan fingerprint density at radius 1 is 0.912 bits per heavy atom. The molecule has 0 saturated heterocycles. The van der Waals surface area contributed by atoms with Gasteiger partial charge in [-0.2, -0.15) is 0 Å². The second-order valence-electron chi connectivity index (χ2n) is 8.33. The predicted octanol–water partition coefficient (Wildman–Crippen LogP) is 3.83. The van der Waals surface area contributed by atoms with E-state index in [2.05, 4.69) is 5.32 Å². The number of nitrogens with one attached hydrogen (secondary N) is 1. The molecule has 1 N–H and O–H groups in total. The first-order valence-corrected chi connectivity index (χ1v) is 12.9. The number of benzene rings is 3. The van der Waals surface area contributed by atoms with Gasteiger partial charge in [0, 0.05) is 6.07 Å². The fourth-order valence-corrected chi connectivity index (χ4v) is 5.17. The lowest BCUT2D eigenvalue weighted by atomic mass is 9.97. The van der Waals surface area contributed by atoms with Gasteiger partial charge in [-0.3, -0.25) is 9.10 Å². The van der Waals surface area contributed by atoms with Crippen LogP contribution in [-0.4, -0.2) is 39.8 Å². The van der Waals surface area contributed by atoms with Gasteiger partial charge < -0.3 is 14.8 Å². The van der Waals surface area contributed by atoms with Gasteiger partial charge in [-0.1, -0.05) is 60.2 Å². The molecule has 1 amide bonds. The Morgan fingerprint density at radius 2 is 1.53 bits per heavy atom. The Kier molecular flexibility index (Phi) is 6.79. The maximum absolute atomic E-state index is 13.4. The minimum atomic E-state index is -3.78. The fraction of sp³-hybridized carbons (Fsp3) is 0.269. The highest BCUT2D eigenvalue weighted by Crippen LogP contribution is 2.35. The van der Waals surface area contributed by atoms with Crippen molar-refractivity contribution in [3.8, 4) is 11.5 Å². The third-order valence-electron chi connectivity index (χ3n) is 5.70. The molecule has 4 rings (SSSR count). The number of rotatable bonds is 7. The average Bonchev–Trinajstić information content (AvgIpc) is 2.82. The summed E-state index contributed by atoms with van der Waals surface area (Å²) in [5, 5.41) is 3.05. The lowest BCUT2D eigenvalue weighted by Crippen LogP contribution is -2.48. The van der Waals surface area contributed by atoms with E-state index in [-0.39, 0.29) is 0 Å². The molecule has 3 aromatic carbocycles. The summed E-state index contributed by atoms with van der Waals surface area (Å²) in [6.07, 6.45) is 1.09. The molecule has 1 aliphatic heterocycles. The molecule has 7 nitrogen and oxygen atoms in total. The number of sulfonamides is 1. The number of hydrogen-bond acceptors (Lipinski definition) is 5. The number of fused-ring (bicyclic) bond motifs is 1. The van der Waals surface area contributed by atoms with Gasteiger partial charge in [0.2, 0.25) is 15.9 Å². The number of carbonyl (C=O) groups excluding carboxylic acids is 1. The molecule has 1 aliphatic rings. The van der Waals surface area contributed by atoms with Gasteiger partial charge in [0.15, 0.2) is 11.5 Å². The number of carbonyl (C=O) groups is 1. The molecular formula is C26H28N2O5S. The summed E-state index contributed by atoms with van der Waals surface area (Å²) in [5.41, 5.74) is 3.25. The van der Waals surface area contributed by atoms with Crippen LogP contribution >= 0.6 is 0 Å². The zero-order valence-corrected chi connectivity index (χ0v) is 20.2. The number of anilines is 1. The largest absolute Gasteiger partial charge is 0.486 e. The van der Waals surface area contributed by atoms with Crippen molar-refractivity contribution in [3.63, 3.8) is 0 Å². The van der Waals surface area contributed by atoms with Gasteiger partial charge in [0.1, 0.15) is 19.3 Å². The van der Waals surface area contributed by atoms with Gasteiger partial charge in [0.25, 0.3) is 0 Å². The molecule has 0 radical (unpaired) electrons. The Balaban J connectivity index is 1.65. The van der Waals surface area contributed by atoms with Gasteiger partial charge in [0.05, 0.1) is 18.0 Å². The predicted molar refractivity (Wildman–Crippen MR) is 132 cm³/mol. The summed E-state index contributed by atoms with van der Waals surface area (Å²) >= 11 is 0. The van der Waals surface area contributed by atoms with Crippen molar-refractivity contribution in [1.82, 2.24) is 5.32 Å². The van der Waals surface area contributed by atoms with Crippen LogP contribution in [0.3, 0.4) is 0 Å². The quantitative estimate of drug-likeness (QED) is 0.556. The topological polar surface area (TPSA) is 84.9 Å². The Hall–Kier alpha value is -3.52. The molecule has 0 unspecified atom stereocenters. The summed E-state index contributed by atoms with van der Waals surface area (Å²) in [4.78, 5) is 13.4.